The highest BCUT2D eigenvalue weighted by Gasteiger charge is 2.10. The summed E-state index contributed by atoms with van der Waals surface area (Å²) in [6.07, 6.45) is 0. The van der Waals surface area contributed by atoms with Gasteiger partial charge in [0.1, 0.15) is 11.9 Å². The number of halogens is 2. The molecule has 0 saturated heterocycles. The molecule has 0 aliphatic heterocycles. The molecular weight excluding hydrogens is 251 g/mol. The number of hydrogen-bond donors (Lipinski definition) is 1. The summed E-state index contributed by atoms with van der Waals surface area (Å²) in [5, 5.41) is 12.3. The van der Waals surface area contributed by atoms with Gasteiger partial charge in [0.05, 0.1) is 22.0 Å². The predicted octanol–water partition coefficient (Wildman–Crippen LogP) is 4.40. The maximum Gasteiger partial charge on any atom is 0.146 e. The summed E-state index contributed by atoms with van der Waals surface area (Å²) in [5.74, 6) is -0.362. The van der Waals surface area contributed by atoms with Crippen molar-refractivity contribution >= 4 is 23.0 Å². The number of nitrogens with zero attached hydrogens (tertiary/aromatic N) is 1. The van der Waals surface area contributed by atoms with Gasteiger partial charge in [0, 0.05) is 0 Å². The Balaban J connectivity index is 2.48. The molecule has 0 spiro atoms. The molecule has 0 amide bonds. The van der Waals surface area contributed by atoms with Crippen molar-refractivity contribution < 1.29 is 4.39 Å². The molecule has 2 aromatic carbocycles. The first-order chi connectivity index (χ1) is 8.63. The van der Waals surface area contributed by atoms with E-state index in [-0.39, 0.29) is 5.82 Å². The number of nitriles is 1. The van der Waals surface area contributed by atoms with Gasteiger partial charge in [-0.2, -0.15) is 5.26 Å². The fraction of sp³-hybridized carbons (Fsp3) is 0.0714. The van der Waals surface area contributed by atoms with Gasteiger partial charge in [-0.05, 0) is 30.7 Å². The Labute approximate surface area is 110 Å². The Morgan fingerprint density at radius 3 is 2.61 bits per heavy atom. The fourth-order valence-corrected chi connectivity index (χ4v) is 1.88. The van der Waals surface area contributed by atoms with E-state index in [9.17, 15) is 4.39 Å². The molecule has 18 heavy (non-hydrogen) atoms. The Kier molecular flexibility index (Phi) is 3.50. The molecule has 0 radical (unpaired) electrons. The minimum absolute atomic E-state index is 0.307. The van der Waals surface area contributed by atoms with E-state index in [0.717, 1.165) is 5.56 Å². The van der Waals surface area contributed by atoms with Crippen LogP contribution in [0.25, 0.3) is 0 Å². The van der Waals surface area contributed by atoms with Gasteiger partial charge >= 0.3 is 0 Å². The maximum atomic E-state index is 13.7. The van der Waals surface area contributed by atoms with Crippen molar-refractivity contribution in [2.75, 3.05) is 5.32 Å². The molecule has 0 bridgehead atoms. The van der Waals surface area contributed by atoms with Gasteiger partial charge in [-0.15, -0.1) is 0 Å². The van der Waals surface area contributed by atoms with Crippen LogP contribution in [0.3, 0.4) is 0 Å². The molecule has 0 atom stereocenters. The van der Waals surface area contributed by atoms with E-state index in [1.807, 2.05) is 6.07 Å². The summed E-state index contributed by atoms with van der Waals surface area (Å²) in [6.45, 7) is 1.79. The van der Waals surface area contributed by atoms with E-state index >= 15 is 0 Å². The summed E-state index contributed by atoms with van der Waals surface area (Å²) in [6, 6.07) is 11.8. The molecule has 0 fully saturated rings. The molecule has 0 unspecified atom stereocenters. The molecule has 1 N–H and O–H groups in total. The number of benzene rings is 2. The first-order valence-electron chi connectivity index (χ1n) is 5.34. The van der Waals surface area contributed by atoms with Crippen molar-refractivity contribution in [2.24, 2.45) is 0 Å². The van der Waals surface area contributed by atoms with Gasteiger partial charge in [0.2, 0.25) is 0 Å². The van der Waals surface area contributed by atoms with Gasteiger partial charge < -0.3 is 5.32 Å². The lowest BCUT2D eigenvalue weighted by Crippen LogP contribution is -1.99. The second-order valence-electron chi connectivity index (χ2n) is 3.83. The molecule has 0 aromatic heterocycles. The SMILES string of the molecule is Cc1cccc(F)c1Nc1cccc(Cl)c1C#N. The average Bonchev–Trinajstić information content (AvgIpc) is 2.34. The molecule has 0 aliphatic carbocycles. The van der Waals surface area contributed by atoms with Crippen LogP contribution in [0.2, 0.25) is 5.02 Å². The molecular formula is C14H10ClFN2. The van der Waals surface area contributed by atoms with Crippen molar-refractivity contribution in [1.82, 2.24) is 0 Å². The quantitative estimate of drug-likeness (QED) is 0.869. The number of rotatable bonds is 2. The zero-order valence-corrected chi connectivity index (χ0v) is 10.4. The lowest BCUT2D eigenvalue weighted by Gasteiger charge is -2.12. The normalized spacial score (nSPS) is 9.89. The highest BCUT2D eigenvalue weighted by Crippen LogP contribution is 2.29. The van der Waals surface area contributed by atoms with E-state index < -0.39 is 0 Å². The maximum absolute atomic E-state index is 13.7. The van der Waals surface area contributed by atoms with Gasteiger partial charge in [-0.1, -0.05) is 29.8 Å². The number of hydrogen-bond acceptors (Lipinski definition) is 2. The van der Waals surface area contributed by atoms with Crippen molar-refractivity contribution in [3.63, 3.8) is 0 Å². The third-order valence-corrected chi connectivity index (χ3v) is 2.92. The van der Waals surface area contributed by atoms with E-state index in [1.165, 1.54) is 6.07 Å². The zero-order chi connectivity index (χ0) is 13.1. The summed E-state index contributed by atoms with van der Waals surface area (Å²) >= 11 is 5.92. The largest absolute Gasteiger partial charge is 0.352 e. The molecule has 0 aliphatic rings. The molecule has 2 rings (SSSR count). The zero-order valence-electron chi connectivity index (χ0n) is 9.67. The molecule has 0 heterocycles. The van der Waals surface area contributed by atoms with Crippen LogP contribution in [0.5, 0.6) is 0 Å². The van der Waals surface area contributed by atoms with Crippen LogP contribution in [0.15, 0.2) is 36.4 Å². The highest BCUT2D eigenvalue weighted by atomic mass is 35.5. The van der Waals surface area contributed by atoms with Crippen molar-refractivity contribution in [3.05, 3.63) is 58.4 Å². The lowest BCUT2D eigenvalue weighted by molar-refractivity contribution is 0.631. The Morgan fingerprint density at radius 2 is 1.94 bits per heavy atom. The van der Waals surface area contributed by atoms with Gasteiger partial charge in [-0.3, -0.25) is 0 Å². The topological polar surface area (TPSA) is 35.8 Å². The van der Waals surface area contributed by atoms with Crippen LogP contribution >= 0.6 is 11.6 Å². The van der Waals surface area contributed by atoms with Crippen LogP contribution in [0.4, 0.5) is 15.8 Å². The Hall–Kier alpha value is -2.05. The van der Waals surface area contributed by atoms with E-state index in [2.05, 4.69) is 5.32 Å². The molecule has 2 nitrogen and oxygen atoms in total. The third-order valence-electron chi connectivity index (χ3n) is 2.61. The van der Waals surface area contributed by atoms with Crippen LogP contribution in [-0.4, -0.2) is 0 Å². The smallest absolute Gasteiger partial charge is 0.146 e. The first-order valence-corrected chi connectivity index (χ1v) is 5.72. The van der Waals surface area contributed by atoms with Crippen LogP contribution in [-0.2, 0) is 0 Å². The average molecular weight is 261 g/mol. The van der Waals surface area contributed by atoms with Crippen molar-refractivity contribution in [1.29, 1.82) is 5.26 Å². The Bertz CT molecular complexity index is 612. The molecule has 4 heteroatoms. The summed E-state index contributed by atoms with van der Waals surface area (Å²) < 4.78 is 13.7. The Morgan fingerprint density at radius 1 is 1.22 bits per heavy atom. The van der Waals surface area contributed by atoms with Crippen molar-refractivity contribution in [3.8, 4) is 6.07 Å². The molecule has 90 valence electrons. The third kappa shape index (κ3) is 2.29. The van der Waals surface area contributed by atoms with Gasteiger partial charge in [-0.25, -0.2) is 4.39 Å². The summed E-state index contributed by atoms with van der Waals surface area (Å²) in [7, 11) is 0. The van der Waals surface area contributed by atoms with Crippen molar-refractivity contribution in [2.45, 2.75) is 6.92 Å². The van der Waals surface area contributed by atoms with Crippen LogP contribution in [0.1, 0.15) is 11.1 Å². The summed E-state index contributed by atoms with van der Waals surface area (Å²) in [4.78, 5) is 0. The molecule has 0 saturated carbocycles. The van der Waals surface area contributed by atoms with E-state index in [0.29, 0.717) is 22.0 Å². The predicted molar refractivity (Wildman–Crippen MR) is 70.6 cm³/mol. The standard InChI is InChI=1S/C14H10ClFN2/c1-9-4-2-6-12(16)14(9)18-13-7-3-5-11(15)10(13)8-17/h2-7,18H,1H3. The monoisotopic (exact) mass is 260 g/mol. The number of para-hydroxylation sites is 1. The highest BCUT2D eigenvalue weighted by molar-refractivity contribution is 6.32. The number of anilines is 2. The number of aryl methyl sites for hydroxylation is 1. The fourth-order valence-electron chi connectivity index (χ4n) is 1.67. The van der Waals surface area contributed by atoms with E-state index in [1.54, 1.807) is 37.3 Å². The van der Waals surface area contributed by atoms with Crippen LogP contribution in [0, 0.1) is 24.1 Å². The minimum Gasteiger partial charge on any atom is -0.352 e. The van der Waals surface area contributed by atoms with Crippen LogP contribution < -0.4 is 5.32 Å². The number of nitrogens with one attached hydrogen (secondary N) is 1. The second kappa shape index (κ2) is 5.07. The lowest BCUT2D eigenvalue weighted by atomic mass is 10.1. The van der Waals surface area contributed by atoms with E-state index in [4.69, 9.17) is 16.9 Å². The first kappa shape index (κ1) is 12.4. The van der Waals surface area contributed by atoms with Gasteiger partial charge in [0.25, 0.3) is 0 Å². The second-order valence-corrected chi connectivity index (χ2v) is 4.24. The molecule has 2 aromatic rings. The summed E-state index contributed by atoms with van der Waals surface area (Å²) in [5.41, 5.74) is 1.93. The minimum atomic E-state index is -0.362. The van der Waals surface area contributed by atoms with Gasteiger partial charge in [0.15, 0.2) is 0 Å².